The van der Waals surface area contributed by atoms with Crippen molar-refractivity contribution in [2.75, 3.05) is 6.54 Å². The number of phenolic OH excluding ortho intramolecular Hbond substituents is 2. The standard InChI is InChI=1S/C13H17N3O3/c1-8(2)6-14-7-12-15-13(16-19-12)9-3-4-10(17)11(18)5-9/h3-5,8,14,17-18H,6-7H2,1-2H3. The molecule has 0 unspecified atom stereocenters. The molecule has 0 saturated carbocycles. The third kappa shape index (κ3) is 3.45. The van der Waals surface area contributed by atoms with E-state index in [0.717, 1.165) is 6.54 Å². The molecule has 0 amide bonds. The Bertz CT molecular complexity index is 552. The molecule has 0 aliphatic heterocycles. The van der Waals surface area contributed by atoms with Crippen molar-refractivity contribution in [3.8, 4) is 22.9 Å². The van der Waals surface area contributed by atoms with E-state index in [-0.39, 0.29) is 11.5 Å². The fourth-order valence-corrected chi connectivity index (χ4v) is 1.57. The predicted molar refractivity (Wildman–Crippen MR) is 69.6 cm³/mol. The maximum Gasteiger partial charge on any atom is 0.240 e. The van der Waals surface area contributed by atoms with Crippen LogP contribution in [0.25, 0.3) is 11.4 Å². The van der Waals surface area contributed by atoms with E-state index in [1.165, 1.54) is 12.1 Å². The highest BCUT2D eigenvalue weighted by molar-refractivity contribution is 5.59. The first-order chi connectivity index (χ1) is 9.06. The van der Waals surface area contributed by atoms with Gasteiger partial charge in [0.25, 0.3) is 0 Å². The number of nitrogens with zero attached hydrogens (tertiary/aromatic N) is 2. The van der Waals surface area contributed by atoms with Crippen LogP contribution in [0.4, 0.5) is 0 Å². The van der Waals surface area contributed by atoms with Crippen LogP contribution in [-0.4, -0.2) is 26.9 Å². The van der Waals surface area contributed by atoms with E-state index in [4.69, 9.17) is 4.52 Å². The number of hydrogen-bond acceptors (Lipinski definition) is 6. The molecule has 1 aromatic heterocycles. The van der Waals surface area contributed by atoms with E-state index in [2.05, 4.69) is 29.3 Å². The van der Waals surface area contributed by atoms with Crippen LogP contribution in [0.2, 0.25) is 0 Å². The molecule has 1 heterocycles. The summed E-state index contributed by atoms with van der Waals surface area (Å²) in [5, 5.41) is 25.7. The van der Waals surface area contributed by atoms with E-state index in [0.29, 0.717) is 29.7 Å². The van der Waals surface area contributed by atoms with Gasteiger partial charge in [0.1, 0.15) is 0 Å². The lowest BCUT2D eigenvalue weighted by molar-refractivity contribution is 0.364. The number of aromatic hydroxyl groups is 2. The molecule has 2 aromatic rings. The Morgan fingerprint density at radius 3 is 2.74 bits per heavy atom. The molecule has 0 radical (unpaired) electrons. The average molecular weight is 263 g/mol. The molecule has 6 nitrogen and oxygen atoms in total. The first-order valence-corrected chi connectivity index (χ1v) is 6.12. The van der Waals surface area contributed by atoms with E-state index in [1.807, 2.05) is 0 Å². The summed E-state index contributed by atoms with van der Waals surface area (Å²) in [6.45, 7) is 5.61. The van der Waals surface area contributed by atoms with Gasteiger partial charge in [-0.3, -0.25) is 0 Å². The lowest BCUT2D eigenvalue weighted by Gasteiger charge is -2.03. The van der Waals surface area contributed by atoms with Gasteiger partial charge < -0.3 is 20.1 Å². The molecule has 3 N–H and O–H groups in total. The highest BCUT2D eigenvalue weighted by Crippen LogP contribution is 2.29. The molecule has 0 aliphatic rings. The van der Waals surface area contributed by atoms with Gasteiger partial charge in [-0.1, -0.05) is 19.0 Å². The number of nitrogens with one attached hydrogen (secondary N) is 1. The third-order valence-electron chi connectivity index (χ3n) is 2.53. The second-order valence-electron chi connectivity index (χ2n) is 4.74. The number of aromatic nitrogens is 2. The first-order valence-electron chi connectivity index (χ1n) is 6.12. The number of rotatable bonds is 5. The zero-order valence-corrected chi connectivity index (χ0v) is 10.9. The molecule has 2 rings (SSSR count). The smallest absolute Gasteiger partial charge is 0.240 e. The monoisotopic (exact) mass is 263 g/mol. The molecule has 0 aliphatic carbocycles. The minimum atomic E-state index is -0.207. The summed E-state index contributed by atoms with van der Waals surface area (Å²) in [6.07, 6.45) is 0. The van der Waals surface area contributed by atoms with Crippen LogP contribution in [0.5, 0.6) is 11.5 Å². The zero-order valence-electron chi connectivity index (χ0n) is 10.9. The van der Waals surface area contributed by atoms with Gasteiger partial charge in [-0.15, -0.1) is 0 Å². The van der Waals surface area contributed by atoms with Crippen LogP contribution in [0, 0.1) is 5.92 Å². The predicted octanol–water partition coefficient (Wildman–Crippen LogP) is 1.89. The third-order valence-corrected chi connectivity index (χ3v) is 2.53. The minimum Gasteiger partial charge on any atom is -0.504 e. The first kappa shape index (κ1) is 13.4. The molecule has 0 fully saturated rings. The largest absolute Gasteiger partial charge is 0.504 e. The molecule has 19 heavy (non-hydrogen) atoms. The molecular weight excluding hydrogens is 246 g/mol. The normalized spacial score (nSPS) is 11.1. The Labute approximate surface area is 111 Å². The molecule has 0 bridgehead atoms. The van der Waals surface area contributed by atoms with Gasteiger partial charge in [-0.25, -0.2) is 0 Å². The number of benzene rings is 1. The number of phenols is 2. The van der Waals surface area contributed by atoms with Crippen molar-refractivity contribution in [2.24, 2.45) is 5.92 Å². The molecule has 1 aromatic carbocycles. The Morgan fingerprint density at radius 2 is 2.05 bits per heavy atom. The topological polar surface area (TPSA) is 91.4 Å². The van der Waals surface area contributed by atoms with Gasteiger partial charge in [0, 0.05) is 5.56 Å². The van der Waals surface area contributed by atoms with Crippen LogP contribution in [0.3, 0.4) is 0 Å². The lowest BCUT2D eigenvalue weighted by Crippen LogP contribution is -2.19. The van der Waals surface area contributed by atoms with Gasteiger partial charge in [-0.2, -0.15) is 4.98 Å². The van der Waals surface area contributed by atoms with Gasteiger partial charge in [0.05, 0.1) is 6.54 Å². The van der Waals surface area contributed by atoms with Crippen molar-refractivity contribution in [2.45, 2.75) is 20.4 Å². The Morgan fingerprint density at radius 1 is 1.26 bits per heavy atom. The highest BCUT2D eigenvalue weighted by atomic mass is 16.5. The Balaban J connectivity index is 2.05. The van der Waals surface area contributed by atoms with Gasteiger partial charge in [-0.05, 0) is 30.7 Å². The zero-order chi connectivity index (χ0) is 13.8. The quantitative estimate of drug-likeness (QED) is 0.713. The van der Waals surface area contributed by atoms with E-state index < -0.39 is 0 Å². The molecule has 0 spiro atoms. The summed E-state index contributed by atoms with van der Waals surface area (Å²) >= 11 is 0. The molecule has 0 saturated heterocycles. The maximum absolute atomic E-state index is 9.42. The van der Waals surface area contributed by atoms with Crippen molar-refractivity contribution in [3.63, 3.8) is 0 Å². The lowest BCUT2D eigenvalue weighted by atomic mass is 10.2. The van der Waals surface area contributed by atoms with Crippen molar-refractivity contribution in [3.05, 3.63) is 24.1 Å². The van der Waals surface area contributed by atoms with Crippen molar-refractivity contribution in [1.29, 1.82) is 0 Å². The molecule has 6 heteroatoms. The van der Waals surface area contributed by atoms with E-state index in [1.54, 1.807) is 6.07 Å². The molecule has 102 valence electrons. The second kappa shape index (κ2) is 5.71. The van der Waals surface area contributed by atoms with E-state index in [9.17, 15) is 10.2 Å². The summed E-state index contributed by atoms with van der Waals surface area (Å²) in [4.78, 5) is 4.22. The maximum atomic E-state index is 9.42. The van der Waals surface area contributed by atoms with Crippen LogP contribution in [-0.2, 0) is 6.54 Å². The molecular formula is C13H17N3O3. The van der Waals surface area contributed by atoms with Gasteiger partial charge >= 0.3 is 0 Å². The number of hydrogen-bond donors (Lipinski definition) is 3. The highest BCUT2D eigenvalue weighted by Gasteiger charge is 2.10. The summed E-state index contributed by atoms with van der Waals surface area (Å²) in [5.41, 5.74) is 0.592. The summed E-state index contributed by atoms with van der Waals surface area (Å²) in [5.74, 6) is 1.05. The van der Waals surface area contributed by atoms with Gasteiger partial charge in [0.2, 0.25) is 11.7 Å². The van der Waals surface area contributed by atoms with Crippen molar-refractivity contribution < 1.29 is 14.7 Å². The summed E-state index contributed by atoms with van der Waals surface area (Å²) in [6, 6.07) is 4.40. The minimum absolute atomic E-state index is 0.175. The van der Waals surface area contributed by atoms with E-state index >= 15 is 0 Å². The molecule has 0 atom stereocenters. The van der Waals surface area contributed by atoms with Crippen LogP contribution < -0.4 is 5.32 Å². The summed E-state index contributed by atoms with van der Waals surface area (Å²) < 4.78 is 5.10. The van der Waals surface area contributed by atoms with Crippen LogP contribution in [0.1, 0.15) is 19.7 Å². The second-order valence-corrected chi connectivity index (χ2v) is 4.74. The average Bonchev–Trinajstić information content (AvgIpc) is 2.81. The Kier molecular flexibility index (Phi) is 4.01. The van der Waals surface area contributed by atoms with Crippen molar-refractivity contribution >= 4 is 0 Å². The fourth-order valence-electron chi connectivity index (χ4n) is 1.57. The fraction of sp³-hybridized carbons (Fsp3) is 0.385. The van der Waals surface area contributed by atoms with Crippen LogP contribution >= 0.6 is 0 Å². The summed E-state index contributed by atoms with van der Waals surface area (Å²) in [7, 11) is 0. The Hall–Kier alpha value is -2.08. The van der Waals surface area contributed by atoms with Crippen LogP contribution in [0.15, 0.2) is 22.7 Å². The SMILES string of the molecule is CC(C)CNCc1nc(-c2ccc(O)c(O)c2)no1. The van der Waals surface area contributed by atoms with Gasteiger partial charge in [0.15, 0.2) is 11.5 Å². The van der Waals surface area contributed by atoms with Crippen molar-refractivity contribution in [1.82, 2.24) is 15.5 Å².